The van der Waals surface area contributed by atoms with E-state index in [0.29, 0.717) is 0 Å². The van der Waals surface area contributed by atoms with Crippen LogP contribution in [0.15, 0.2) is 18.2 Å². The Kier molecular flexibility index (Phi) is 5.28. The molecule has 0 saturated heterocycles. The van der Waals surface area contributed by atoms with Crippen LogP contribution in [0.5, 0.6) is 5.75 Å². The topological polar surface area (TPSA) is 49.3 Å². The molecule has 1 atom stereocenters. The van der Waals surface area contributed by atoms with E-state index < -0.39 is 5.82 Å². The number of phenols is 1. The number of thioether (sulfide) groups is 1. The molecule has 0 aliphatic heterocycles. The SMILES string of the molecule is CCSCC(C)NC(=O)c1ccc(F)cc1O. The van der Waals surface area contributed by atoms with Gasteiger partial charge in [0.15, 0.2) is 0 Å². The van der Waals surface area contributed by atoms with Gasteiger partial charge in [0, 0.05) is 17.9 Å². The van der Waals surface area contributed by atoms with Crippen molar-refractivity contribution in [2.24, 2.45) is 0 Å². The lowest BCUT2D eigenvalue weighted by molar-refractivity contribution is 0.0941. The summed E-state index contributed by atoms with van der Waals surface area (Å²) in [6, 6.07) is 3.37. The van der Waals surface area contributed by atoms with E-state index in [1.165, 1.54) is 6.07 Å². The van der Waals surface area contributed by atoms with Crippen LogP contribution >= 0.6 is 11.8 Å². The number of phenolic OH excluding ortho intramolecular Hbond substituents is 1. The Hall–Kier alpha value is -1.23. The third-order valence-electron chi connectivity index (χ3n) is 2.15. The van der Waals surface area contributed by atoms with Crippen LogP contribution in [-0.2, 0) is 0 Å². The van der Waals surface area contributed by atoms with Gasteiger partial charge in [0.1, 0.15) is 11.6 Å². The van der Waals surface area contributed by atoms with Gasteiger partial charge in [-0.05, 0) is 24.8 Å². The van der Waals surface area contributed by atoms with Crippen molar-refractivity contribution in [1.29, 1.82) is 0 Å². The summed E-state index contributed by atoms with van der Waals surface area (Å²) in [5.74, 6) is 0.518. The zero-order valence-corrected chi connectivity index (χ0v) is 10.7. The maximum absolute atomic E-state index is 12.7. The first-order chi connectivity index (χ1) is 8.04. The molecule has 0 radical (unpaired) electrons. The van der Waals surface area contributed by atoms with Gasteiger partial charge in [-0.2, -0.15) is 11.8 Å². The summed E-state index contributed by atoms with van der Waals surface area (Å²) < 4.78 is 12.7. The second kappa shape index (κ2) is 6.49. The molecule has 1 aromatic carbocycles. The number of carbonyl (C=O) groups is 1. The van der Waals surface area contributed by atoms with Crippen molar-refractivity contribution >= 4 is 17.7 Å². The fraction of sp³-hybridized carbons (Fsp3) is 0.417. The Morgan fingerprint density at radius 1 is 1.59 bits per heavy atom. The molecule has 1 rings (SSSR count). The van der Waals surface area contributed by atoms with Gasteiger partial charge in [0.25, 0.3) is 5.91 Å². The summed E-state index contributed by atoms with van der Waals surface area (Å²) in [5, 5.41) is 12.2. The molecule has 0 bridgehead atoms. The molecule has 5 heteroatoms. The van der Waals surface area contributed by atoms with E-state index in [9.17, 15) is 14.3 Å². The predicted octanol–water partition coefficient (Wildman–Crippen LogP) is 2.40. The predicted molar refractivity (Wildman–Crippen MR) is 68.0 cm³/mol. The number of amides is 1. The molecule has 2 N–H and O–H groups in total. The standard InChI is InChI=1S/C12H16FNO2S/c1-3-17-7-8(2)14-12(16)10-5-4-9(13)6-11(10)15/h4-6,8,15H,3,7H2,1-2H3,(H,14,16). The highest BCUT2D eigenvalue weighted by atomic mass is 32.2. The van der Waals surface area contributed by atoms with Crippen LogP contribution in [0.2, 0.25) is 0 Å². The molecule has 0 aromatic heterocycles. The van der Waals surface area contributed by atoms with Crippen molar-refractivity contribution in [2.45, 2.75) is 19.9 Å². The van der Waals surface area contributed by atoms with Crippen molar-refractivity contribution in [1.82, 2.24) is 5.32 Å². The van der Waals surface area contributed by atoms with Gasteiger partial charge in [0.05, 0.1) is 5.56 Å². The molecule has 17 heavy (non-hydrogen) atoms. The van der Waals surface area contributed by atoms with E-state index in [4.69, 9.17) is 0 Å². The summed E-state index contributed by atoms with van der Waals surface area (Å²) in [7, 11) is 0. The van der Waals surface area contributed by atoms with E-state index in [0.717, 1.165) is 23.6 Å². The summed E-state index contributed by atoms with van der Waals surface area (Å²) in [4.78, 5) is 11.7. The number of aromatic hydroxyl groups is 1. The Bertz CT molecular complexity index is 398. The van der Waals surface area contributed by atoms with Crippen molar-refractivity contribution in [3.63, 3.8) is 0 Å². The Morgan fingerprint density at radius 3 is 2.88 bits per heavy atom. The van der Waals surface area contributed by atoms with Gasteiger partial charge >= 0.3 is 0 Å². The highest BCUT2D eigenvalue weighted by Gasteiger charge is 2.13. The lowest BCUT2D eigenvalue weighted by atomic mass is 10.1. The summed E-state index contributed by atoms with van der Waals surface area (Å²) in [6.45, 7) is 3.94. The van der Waals surface area contributed by atoms with Crippen molar-refractivity contribution in [3.05, 3.63) is 29.6 Å². The van der Waals surface area contributed by atoms with E-state index in [1.54, 1.807) is 11.8 Å². The first-order valence-corrected chi connectivity index (χ1v) is 6.57. The number of hydrogen-bond donors (Lipinski definition) is 2. The van der Waals surface area contributed by atoms with Crippen LogP contribution < -0.4 is 5.32 Å². The fourth-order valence-corrected chi connectivity index (χ4v) is 2.01. The number of rotatable bonds is 5. The molecule has 0 fully saturated rings. The second-order valence-electron chi connectivity index (χ2n) is 3.70. The van der Waals surface area contributed by atoms with Crippen LogP contribution in [0.1, 0.15) is 24.2 Å². The molecule has 94 valence electrons. The van der Waals surface area contributed by atoms with E-state index in [1.807, 2.05) is 13.8 Å². The first kappa shape index (κ1) is 13.8. The molecule has 0 heterocycles. The summed E-state index contributed by atoms with van der Waals surface area (Å²) in [5.41, 5.74) is 0.0970. The smallest absolute Gasteiger partial charge is 0.255 e. The number of hydrogen-bond acceptors (Lipinski definition) is 3. The minimum Gasteiger partial charge on any atom is -0.507 e. The van der Waals surface area contributed by atoms with Crippen molar-refractivity contribution < 1.29 is 14.3 Å². The van der Waals surface area contributed by atoms with Gasteiger partial charge in [-0.3, -0.25) is 4.79 Å². The van der Waals surface area contributed by atoms with E-state index in [-0.39, 0.29) is 23.3 Å². The van der Waals surface area contributed by atoms with Crippen molar-refractivity contribution in [2.75, 3.05) is 11.5 Å². The molecule has 3 nitrogen and oxygen atoms in total. The monoisotopic (exact) mass is 257 g/mol. The van der Waals surface area contributed by atoms with Crippen LogP contribution in [0.4, 0.5) is 4.39 Å². The molecule has 0 aliphatic rings. The lowest BCUT2D eigenvalue weighted by Gasteiger charge is -2.13. The highest BCUT2D eigenvalue weighted by molar-refractivity contribution is 7.99. The van der Waals surface area contributed by atoms with Crippen LogP contribution in [0.25, 0.3) is 0 Å². The zero-order valence-electron chi connectivity index (χ0n) is 9.87. The molecular weight excluding hydrogens is 241 g/mol. The fourth-order valence-electron chi connectivity index (χ4n) is 1.33. The first-order valence-electron chi connectivity index (χ1n) is 5.41. The summed E-state index contributed by atoms with van der Waals surface area (Å²) in [6.07, 6.45) is 0. The molecule has 1 amide bonds. The molecule has 0 saturated carbocycles. The number of nitrogens with one attached hydrogen (secondary N) is 1. The third-order valence-corrected chi connectivity index (χ3v) is 3.30. The molecule has 1 aromatic rings. The van der Waals surface area contributed by atoms with Crippen LogP contribution in [0.3, 0.4) is 0 Å². The molecule has 0 spiro atoms. The lowest BCUT2D eigenvalue weighted by Crippen LogP contribution is -2.34. The second-order valence-corrected chi connectivity index (χ2v) is 5.01. The average molecular weight is 257 g/mol. The van der Waals surface area contributed by atoms with Gasteiger partial charge in [-0.15, -0.1) is 0 Å². The van der Waals surface area contributed by atoms with Gasteiger partial charge in [0.2, 0.25) is 0 Å². The highest BCUT2D eigenvalue weighted by Crippen LogP contribution is 2.18. The van der Waals surface area contributed by atoms with Gasteiger partial charge in [-0.25, -0.2) is 4.39 Å². The van der Waals surface area contributed by atoms with Gasteiger partial charge in [-0.1, -0.05) is 6.92 Å². The van der Waals surface area contributed by atoms with Crippen molar-refractivity contribution in [3.8, 4) is 5.75 Å². The minimum absolute atomic E-state index is 0.0110. The maximum atomic E-state index is 12.7. The molecule has 0 aliphatic carbocycles. The zero-order chi connectivity index (χ0) is 12.8. The van der Waals surface area contributed by atoms with E-state index >= 15 is 0 Å². The van der Waals surface area contributed by atoms with Crippen LogP contribution in [0, 0.1) is 5.82 Å². The largest absolute Gasteiger partial charge is 0.507 e. The summed E-state index contributed by atoms with van der Waals surface area (Å²) >= 11 is 1.72. The van der Waals surface area contributed by atoms with Gasteiger partial charge < -0.3 is 10.4 Å². The Balaban J connectivity index is 2.63. The quantitative estimate of drug-likeness (QED) is 0.851. The average Bonchev–Trinajstić information content (AvgIpc) is 2.26. The molecular formula is C12H16FNO2S. The normalized spacial score (nSPS) is 12.2. The number of benzene rings is 1. The Morgan fingerprint density at radius 2 is 2.29 bits per heavy atom. The number of halogens is 1. The van der Waals surface area contributed by atoms with Crippen LogP contribution in [-0.4, -0.2) is 28.6 Å². The number of carbonyl (C=O) groups excluding carboxylic acids is 1. The Labute approximate surface area is 104 Å². The maximum Gasteiger partial charge on any atom is 0.255 e. The molecule has 1 unspecified atom stereocenters. The third kappa shape index (κ3) is 4.26. The van der Waals surface area contributed by atoms with E-state index in [2.05, 4.69) is 5.32 Å². The minimum atomic E-state index is -0.561.